The predicted molar refractivity (Wildman–Crippen MR) is 63.7 cm³/mol. The maximum absolute atomic E-state index is 10.7. The lowest BCUT2D eigenvalue weighted by Gasteiger charge is -2.02. The standard InChI is InChI=1S/C12H18N2O3/c1-4-10(12(15)16)5-6-13-7-11-8(2)14-17-9(11)3/h5,13H,4,6-7H2,1-3H3,(H,15,16). The van der Waals surface area contributed by atoms with Gasteiger partial charge in [-0.1, -0.05) is 18.2 Å². The molecule has 0 aliphatic carbocycles. The molecular formula is C12H18N2O3. The highest BCUT2D eigenvalue weighted by atomic mass is 16.5. The number of aromatic nitrogens is 1. The molecule has 0 unspecified atom stereocenters. The Bertz CT molecular complexity index is 402. The van der Waals surface area contributed by atoms with E-state index in [1.54, 1.807) is 6.08 Å². The Balaban J connectivity index is 2.46. The van der Waals surface area contributed by atoms with E-state index in [-0.39, 0.29) is 0 Å². The highest BCUT2D eigenvalue weighted by Gasteiger charge is 2.07. The van der Waals surface area contributed by atoms with E-state index in [0.717, 1.165) is 17.0 Å². The number of aliphatic carboxylic acids is 1. The van der Waals surface area contributed by atoms with Crippen molar-refractivity contribution in [3.63, 3.8) is 0 Å². The third-order valence-electron chi connectivity index (χ3n) is 2.63. The van der Waals surface area contributed by atoms with Gasteiger partial charge in [0.2, 0.25) is 0 Å². The molecular weight excluding hydrogens is 220 g/mol. The Morgan fingerprint density at radius 2 is 2.24 bits per heavy atom. The minimum absolute atomic E-state index is 0.427. The van der Waals surface area contributed by atoms with Crippen LogP contribution in [-0.4, -0.2) is 22.8 Å². The van der Waals surface area contributed by atoms with Crippen molar-refractivity contribution in [1.29, 1.82) is 0 Å². The summed E-state index contributed by atoms with van der Waals surface area (Å²) in [6, 6.07) is 0. The zero-order valence-electron chi connectivity index (χ0n) is 10.4. The molecule has 0 amide bonds. The first-order chi connectivity index (χ1) is 8.06. The zero-order valence-corrected chi connectivity index (χ0v) is 10.4. The summed E-state index contributed by atoms with van der Waals surface area (Å²) in [5.41, 5.74) is 2.33. The van der Waals surface area contributed by atoms with Crippen molar-refractivity contribution in [2.75, 3.05) is 6.54 Å². The smallest absolute Gasteiger partial charge is 0.331 e. The van der Waals surface area contributed by atoms with Gasteiger partial charge in [-0.3, -0.25) is 0 Å². The molecule has 0 aromatic carbocycles. The molecule has 1 rings (SSSR count). The van der Waals surface area contributed by atoms with Crippen molar-refractivity contribution >= 4 is 5.97 Å². The summed E-state index contributed by atoms with van der Waals surface area (Å²) in [6.45, 7) is 6.74. The van der Waals surface area contributed by atoms with Crippen LogP contribution in [0, 0.1) is 13.8 Å². The lowest BCUT2D eigenvalue weighted by Crippen LogP contribution is -2.15. The Morgan fingerprint density at radius 1 is 1.53 bits per heavy atom. The van der Waals surface area contributed by atoms with E-state index >= 15 is 0 Å². The zero-order chi connectivity index (χ0) is 12.8. The van der Waals surface area contributed by atoms with Gasteiger partial charge in [0.1, 0.15) is 5.76 Å². The van der Waals surface area contributed by atoms with Crippen molar-refractivity contribution in [1.82, 2.24) is 10.5 Å². The van der Waals surface area contributed by atoms with Crippen LogP contribution in [0.5, 0.6) is 0 Å². The number of rotatable bonds is 6. The average Bonchev–Trinajstić information content (AvgIpc) is 2.59. The van der Waals surface area contributed by atoms with Gasteiger partial charge < -0.3 is 14.9 Å². The van der Waals surface area contributed by atoms with Crippen LogP contribution in [0.3, 0.4) is 0 Å². The molecule has 0 aliphatic heterocycles. The monoisotopic (exact) mass is 238 g/mol. The topological polar surface area (TPSA) is 75.4 Å². The van der Waals surface area contributed by atoms with E-state index in [9.17, 15) is 4.79 Å². The number of carboxylic acids is 1. The number of carboxylic acid groups (broad SMARTS) is 1. The fraction of sp³-hybridized carbons (Fsp3) is 0.500. The Hall–Kier alpha value is -1.62. The highest BCUT2D eigenvalue weighted by molar-refractivity contribution is 5.86. The van der Waals surface area contributed by atoms with Crippen molar-refractivity contribution in [3.8, 4) is 0 Å². The van der Waals surface area contributed by atoms with Crippen LogP contribution >= 0.6 is 0 Å². The van der Waals surface area contributed by atoms with Gasteiger partial charge in [0.15, 0.2) is 0 Å². The number of nitrogens with one attached hydrogen (secondary N) is 1. The third kappa shape index (κ3) is 3.71. The Morgan fingerprint density at radius 3 is 2.71 bits per heavy atom. The SMILES string of the molecule is CCC(=CCNCc1c(C)noc1C)C(=O)O. The number of aryl methyl sites for hydroxylation is 2. The molecule has 2 N–H and O–H groups in total. The van der Waals surface area contributed by atoms with E-state index in [1.807, 2.05) is 20.8 Å². The van der Waals surface area contributed by atoms with Gasteiger partial charge in [0.25, 0.3) is 0 Å². The molecule has 0 saturated carbocycles. The molecule has 0 bridgehead atoms. The molecule has 5 nitrogen and oxygen atoms in total. The first kappa shape index (κ1) is 13.4. The fourth-order valence-corrected chi connectivity index (χ4v) is 1.53. The summed E-state index contributed by atoms with van der Waals surface area (Å²) >= 11 is 0. The third-order valence-corrected chi connectivity index (χ3v) is 2.63. The second-order valence-electron chi connectivity index (χ2n) is 3.82. The summed E-state index contributed by atoms with van der Waals surface area (Å²) in [7, 11) is 0. The van der Waals surface area contributed by atoms with Gasteiger partial charge in [-0.2, -0.15) is 0 Å². The predicted octanol–water partition coefficient (Wildman–Crippen LogP) is 1.80. The lowest BCUT2D eigenvalue weighted by molar-refractivity contribution is -0.132. The van der Waals surface area contributed by atoms with E-state index < -0.39 is 5.97 Å². The molecule has 0 saturated heterocycles. The lowest BCUT2D eigenvalue weighted by atomic mass is 10.2. The van der Waals surface area contributed by atoms with Gasteiger partial charge in [-0.15, -0.1) is 0 Å². The molecule has 0 spiro atoms. The normalized spacial score (nSPS) is 11.8. The summed E-state index contributed by atoms with van der Waals surface area (Å²) in [6.07, 6.45) is 2.23. The number of nitrogens with zero attached hydrogens (tertiary/aromatic N) is 1. The van der Waals surface area contributed by atoms with Gasteiger partial charge in [0.05, 0.1) is 5.69 Å². The first-order valence-electron chi connectivity index (χ1n) is 5.61. The summed E-state index contributed by atoms with van der Waals surface area (Å²) in [5, 5.41) is 15.8. The van der Waals surface area contributed by atoms with E-state index in [4.69, 9.17) is 9.63 Å². The number of hydrogen-bond acceptors (Lipinski definition) is 4. The van der Waals surface area contributed by atoms with Crippen LogP contribution in [0.15, 0.2) is 16.2 Å². The van der Waals surface area contributed by atoms with E-state index in [0.29, 0.717) is 25.1 Å². The largest absolute Gasteiger partial charge is 0.478 e. The van der Waals surface area contributed by atoms with Crippen molar-refractivity contribution in [3.05, 3.63) is 28.7 Å². The maximum Gasteiger partial charge on any atom is 0.331 e. The molecule has 0 radical (unpaired) electrons. The molecule has 0 atom stereocenters. The second kappa shape index (κ2) is 6.20. The average molecular weight is 238 g/mol. The van der Waals surface area contributed by atoms with Crippen LogP contribution in [0.1, 0.15) is 30.4 Å². The summed E-state index contributed by atoms with van der Waals surface area (Å²) in [4.78, 5) is 10.7. The second-order valence-corrected chi connectivity index (χ2v) is 3.82. The van der Waals surface area contributed by atoms with Crippen LogP contribution in [0.25, 0.3) is 0 Å². The molecule has 1 heterocycles. The van der Waals surface area contributed by atoms with Gasteiger partial charge in [-0.05, 0) is 20.3 Å². The minimum atomic E-state index is -0.855. The molecule has 1 aromatic rings. The quantitative estimate of drug-likeness (QED) is 0.584. The highest BCUT2D eigenvalue weighted by Crippen LogP contribution is 2.11. The summed E-state index contributed by atoms with van der Waals surface area (Å²) < 4.78 is 5.03. The van der Waals surface area contributed by atoms with E-state index in [2.05, 4.69) is 10.5 Å². The van der Waals surface area contributed by atoms with Crippen molar-refractivity contribution < 1.29 is 14.4 Å². The Kier molecular flexibility index (Phi) is 4.90. The fourth-order valence-electron chi connectivity index (χ4n) is 1.53. The van der Waals surface area contributed by atoms with Crippen molar-refractivity contribution in [2.45, 2.75) is 33.7 Å². The van der Waals surface area contributed by atoms with Gasteiger partial charge >= 0.3 is 5.97 Å². The molecule has 5 heteroatoms. The molecule has 17 heavy (non-hydrogen) atoms. The van der Waals surface area contributed by atoms with Crippen LogP contribution in [-0.2, 0) is 11.3 Å². The molecule has 0 aliphatic rings. The number of hydrogen-bond donors (Lipinski definition) is 2. The first-order valence-corrected chi connectivity index (χ1v) is 5.61. The van der Waals surface area contributed by atoms with Crippen LogP contribution in [0.2, 0.25) is 0 Å². The van der Waals surface area contributed by atoms with E-state index in [1.165, 1.54) is 0 Å². The van der Waals surface area contributed by atoms with Crippen LogP contribution < -0.4 is 5.32 Å². The van der Waals surface area contributed by atoms with Crippen LogP contribution in [0.4, 0.5) is 0 Å². The number of carbonyl (C=O) groups is 1. The molecule has 94 valence electrons. The molecule has 1 aromatic heterocycles. The van der Waals surface area contributed by atoms with Gasteiger partial charge in [0, 0.05) is 24.2 Å². The maximum atomic E-state index is 10.7. The minimum Gasteiger partial charge on any atom is -0.478 e. The van der Waals surface area contributed by atoms with Gasteiger partial charge in [-0.25, -0.2) is 4.79 Å². The van der Waals surface area contributed by atoms with Crippen molar-refractivity contribution in [2.24, 2.45) is 0 Å². The molecule has 0 fully saturated rings. The Labute approximate surface area is 100 Å². The summed E-state index contributed by atoms with van der Waals surface area (Å²) in [5.74, 6) is -0.0560.